The fourth-order valence-corrected chi connectivity index (χ4v) is 1.75. The third-order valence-corrected chi connectivity index (χ3v) is 3.35. The van der Waals surface area contributed by atoms with Crippen molar-refractivity contribution in [2.24, 2.45) is 11.7 Å². The third-order valence-electron chi connectivity index (χ3n) is 3.35. The summed E-state index contributed by atoms with van der Waals surface area (Å²) in [6.45, 7) is 7.49. The molecule has 2 N–H and O–H groups in total. The molecular weight excluding hydrogens is 196 g/mol. The van der Waals surface area contributed by atoms with E-state index in [4.69, 9.17) is 5.73 Å². The van der Waals surface area contributed by atoms with Crippen molar-refractivity contribution in [3.05, 3.63) is 29.8 Å². The van der Waals surface area contributed by atoms with Gasteiger partial charge in [-0.1, -0.05) is 26.0 Å². The van der Waals surface area contributed by atoms with Crippen LogP contribution in [0.2, 0.25) is 0 Å². The van der Waals surface area contributed by atoms with Crippen molar-refractivity contribution in [3.8, 4) is 0 Å². The maximum absolute atomic E-state index is 5.54. The normalized spacial score (nSPS) is 12.9. The lowest BCUT2D eigenvalue weighted by Gasteiger charge is -2.30. The summed E-state index contributed by atoms with van der Waals surface area (Å²) >= 11 is 0. The Morgan fingerprint density at radius 1 is 1.12 bits per heavy atom. The lowest BCUT2D eigenvalue weighted by Crippen LogP contribution is -2.33. The zero-order chi connectivity index (χ0) is 12.1. The van der Waals surface area contributed by atoms with Crippen LogP contribution >= 0.6 is 0 Å². The summed E-state index contributed by atoms with van der Waals surface area (Å²) in [7, 11) is 2.16. The molecule has 2 heteroatoms. The molecule has 1 rings (SSSR count). The van der Waals surface area contributed by atoms with Gasteiger partial charge >= 0.3 is 0 Å². The minimum Gasteiger partial charge on any atom is -0.372 e. The summed E-state index contributed by atoms with van der Waals surface area (Å²) in [6, 6.07) is 9.27. The molecule has 0 aliphatic carbocycles. The molecule has 16 heavy (non-hydrogen) atoms. The molecule has 1 atom stereocenters. The van der Waals surface area contributed by atoms with E-state index < -0.39 is 0 Å². The van der Waals surface area contributed by atoms with Gasteiger partial charge in [-0.25, -0.2) is 0 Å². The Bertz CT molecular complexity index is 303. The van der Waals surface area contributed by atoms with E-state index in [1.807, 2.05) is 0 Å². The van der Waals surface area contributed by atoms with Crippen LogP contribution in [0.1, 0.15) is 26.3 Å². The summed E-state index contributed by atoms with van der Waals surface area (Å²) in [4.78, 5) is 2.33. The molecule has 90 valence electrons. The Kier molecular flexibility index (Phi) is 4.81. The fourth-order valence-electron chi connectivity index (χ4n) is 1.75. The van der Waals surface area contributed by atoms with Crippen LogP contribution in [0.25, 0.3) is 0 Å². The molecule has 0 saturated heterocycles. The highest BCUT2D eigenvalue weighted by Gasteiger charge is 2.13. The third kappa shape index (κ3) is 3.24. The predicted molar refractivity (Wildman–Crippen MR) is 71.9 cm³/mol. The number of benzene rings is 1. The topological polar surface area (TPSA) is 29.3 Å². The number of hydrogen-bond acceptors (Lipinski definition) is 2. The van der Waals surface area contributed by atoms with Gasteiger partial charge in [0.1, 0.15) is 0 Å². The molecule has 0 aliphatic rings. The summed E-state index contributed by atoms with van der Waals surface area (Å²) in [5.41, 5.74) is 8.13. The van der Waals surface area contributed by atoms with Crippen LogP contribution in [0.3, 0.4) is 0 Å². The lowest BCUT2D eigenvalue weighted by atomic mass is 10.0. The first-order valence-corrected chi connectivity index (χ1v) is 6.08. The zero-order valence-corrected chi connectivity index (χ0v) is 10.9. The molecule has 0 radical (unpaired) electrons. The predicted octanol–water partition coefficient (Wildman–Crippen LogP) is 2.67. The van der Waals surface area contributed by atoms with Gasteiger partial charge in [-0.2, -0.15) is 0 Å². The molecule has 0 heterocycles. The minimum atomic E-state index is 0.556. The van der Waals surface area contributed by atoms with Crippen LogP contribution in [0.15, 0.2) is 24.3 Å². The number of hydrogen-bond donors (Lipinski definition) is 1. The summed E-state index contributed by atoms with van der Waals surface area (Å²) < 4.78 is 0. The molecule has 1 unspecified atom stereocenters. The average molecular weight is 220 g/mol. The van der Waals surface area contributed by atoms with Crippen LogP contribution in [0.4, 0.5) is 5.69 Å². The van der Waals surface area contributed by atoms with E-state index in [2.05, 4.69) is 57.0 Å². The summed E-state index contributed by atoms with van der Waals surface area (Å²) in [6.07, 6.45) is 0.962. The van der Waals surface area contributed by atoms with Crippen LogP contribution in [0, 0.1) is 5.92 Å². The summed E-state index contributed by atoms with van der Waals surface area (Å²) in [5, 5.41) is 0. The molecule has 0 spiro atoms. The van der Waals surface area contributed by atoms with Crippen molar-refractivity contribution in [2.75, 3.05) is 18.5 Å². The van der Waals surface area contributed by atoms with Crippen molar-refractivity contribution < 1.29 is 0 Å². The smallest absolute Gasteiger partial charge is 0.0366 e. The number of anilines is 1. The largest absolute Gasteiger partial charge is 0.372 e. The summed E-state index contributed by atoms with van der Waals surface area (Å²) in [5.74, 6) is 0.661. The maximum atomic E-state index is 5.54. The Labute approximate surface area is 99.5 Å². The number of nitrogens with zero attached hydrogens (tertiary/aromatic N) is 1. The van der Waals surface area contributed by atoms with Crippen molar-refractivity contribution in [2.45, 2.75) is 33.2 Å². The first-order valence-electron chi connectivity index (χ1n) is 6.08. The van der Waals surface area contributed by atoms with E-state index in [1.165, 1.54) is 11.3 Å². The standard InChI is InChI=1S/C14H24N2/c1-11(2)12(3)16(4)14-7-5-13(6-8-14)9-10-15/h5-8,11-12H,9-10,15H2,1-4H3. The van der Waals surface area contributed by atoms with Crippen molar-refractivity contribution in [1.29, 1.82) is 0 Å². The quantitative estimate of drug-likeness (QED) is 0.826. The molecule has 1 aromatic carbocycles. The molecule has 0 aromatic heterocycles. The Balaban J connectivity index is 2.73. The van der Waals surface area contributed by atoms with Crippen molar-refractivity contribution >= 4 is 5.69 Å². The van der Waals surface area contributed by atoms with E-state index in [0.29, 0.717) is 12.0 Å². The van der Waals surface area contributed by atoms with Crippen molar-refractivity contribution in [3.63, 3.8) is 0 Å². The average Bonchev–Trinajstić information content (AvgIpc) is 2.28. The molecule has 2 nitrogen and oxygen atoms in total. The highest BCUT2D eigenvalue weighted by Crippen LogP contribution is 2.19. The highest BCUT2D eigenvalue weighted by molar-refractivity contribution is 5.47. The molecule has 0 saturated carbocycles. The first kappa shape index (κ1) is 13.0. The highest BCUT2D eigenvalue weighted by atomic mass is 15.1. The number of rotatable bonds is 5. The van der Waals surface area contributed by atoms with Crippen molar-refractivity contribution in [1.82, 2.24) is 0 Å². The minimum absolute atomic E-state index is 0.556. The van der Waals surface area contributed by atoms with Gasteiger partial charge in [-0.3, -0.25) is 0 Å². The van der Waals surface area contributed by atoms with Crippen LogP contribution in [-0.4, -0.2) is 19.6 Å². The van der Waals surface area contributed by atoms with Gasteiger partial charge in [0.25, 0.3) is 0 Å². The SMILES string of the molecule is CC(C)C(C)N(C)c1ccc(CCN)cc1. The molecule has 0 amide bonds. The van der Waals surface area contributed by atoms with E-state index in [-0.39, 0.29) is 0 Å². The Hall–Kier alpha value is -1.02. The van der Waals surface area contributed by atoms with E-state index in [0.717, 1.165) is 13.0 Å². The van der Waals surface area contributed by atoms with Crippen LogP contribution in [-0.2, 0) is 6.42 Å². The van der Waals surface area contributed by atoms with Gasteiger partial charge < -0.3 is 10.6 Å². The van der Waals surface area contributed by atoms with Gasteiger partial charge in [0.05, 0.1) is 0 Å². The van der Waals surface area contributed by atoms with Crippen LogP contribution in [0.5, 0.6) is 0 Å². The maximum Gasteiger partial charge on any atom is 0.0366 e. The van der Waals surface area contributed by atoms with E-state index in [9.17, 15) is 0 Å². The van der Waals surface area contributed by atoms with Gasteiger partial charge in [0.15, 0.2) is 0 Å². The van der Waals surface area contributed by atoms with Gasteiger partial charge in [0.2, 0.25) is 0 Å². The molecule has 0 aliphatic heterocycles. The number of nitrogens with two attached hydrogens (primary N) is 1. The molecular formula is C14H24N2. The van der Waals surface area contributed by atoms with Gasteiger partial charge in [-0.05, 0) is 43.5 Å². The molecule has 0 fully saturated rings. The Morgan fingerprint density at radius 3 is 2.12 bits per heavy atom. The Morgan fingerprint density at radius 2 is 1.69 bits per heavy atom. The second-order valence-electron chi connectivity index (χ2n) is 4.80. The first-order chi connectivity index (χ1) is 7.56. The lowest BCUT2D eigenvalue weighted by molar-refractivity contribution is 0.505. The zero-order valence-electron chi connectivity index (χ0n) is 10.9. The van der Waals surface area contributed by atoms with E-state index in [1.54, 1.807) is 0 Å². The van der Waals surface area contributed by atoms with Gasteiger partial charge in [0, 0.05) is 18.8 Å². The monoisotopic (exact) mass is 220 g/mol. The van der Waals surface area contributed by atoms with Crippen LogP contribution < -0.4 is 10.6 Å². The fraction of sp³-hybridized carbons (Fsp3) is 0.571. The van der Waals surface area contributed by atoms with Gasteiger partial charge in [-0.15, -0.1) is 0 Å². The second kappa shape index (κ2) is 5.90. The molecule has 0 bridgehead atoms. The second-order valence-corrected chi connectivity index (χ2v) is 4.80. The molecule has 1 aromatic rings. The van der Waals surface area contributed by atoms with E-state index >= 15 is 0 Å².